The fourth-order valence-electron chi connectivity index (χ4n) is 1.55. The number of nitrogen functional groups attached to an aromatic ring is 1. The molecule has 1 aromatic carbocycles. The van der Waals surface area contributed by atoms with Crippen LogP contribution in [0.3, 0.4) is 0 Å². The lowest BCUT2D eigenvalue weighted by molar-refractivity contribution is 0.916. The van der Waals surface area contributed by atoms with E-state index < -0.39 is 0 Å². The van der Waals surface area contributed by atoms with Crippen LogP contribution in [0.5, 0.6) is 0 Å². The fourth-order valence-corrected chi connectivity index (χ4v) is 1.55. The maximum atomic E-state index is 5.62. The third kappa shape index (κ3) is 2.81. The summed E-state index contributed by atoms with van der Waals surface area (Å²) in [6.07, 6.45) is 1.95. The van der Waals surface area contributed by atoms with Crippen molar-refractivity contribution in [2.24, 2.45) is 0 Å². The molecule has 76 valence electrons. The highest BCUT2D eigenvalue weighted by atomic mass is 14.8. The Hall–Kier alpha value is -1.83. The van der Waals surface area contributed by atoms with Crippen LogP contribution in [0, 0.1) is 0 Å². The number of nitrogens with two attached hydrogens (primary N) is 1. The molecule has 2 aromatic rings. The number of pyridine rings is 1. The SMILES string of the molecule is Nc1cccc(CCc2ccccc2)n1. The Morgan fingerprint density at radius 2 is 1.67 bits per heavy atom. The number of nitrogens with zero attached hydrogens (tertiary/aromatic N) is 1. The van der Waals surface area contributed by atoms with Crippen LogP contribution in [-0.2, 0) is 12.8 Å². The predicted molar refractivity (Wildman–Crippen MR) is 62.5 cm³/mol. The van der Waals surface area contributed by atoms with Crippen molar-refractivity contribution in [3.63, 3.8) is 0 Å². The van der Waals surface area contributed by atoms with Gasteiger partial charge in [-0.15, -0.1) is 0 Å². The molecule has 1 heterocycles. The molecule has 0 amide bonds. The molecule has 15 heavy (non-hydrogen) atoms. The van der Waals surface area contributed by atoms with Gasteiger partial charge in [0.25, 0.3) is 0 Å². The highest BCUT2D eigenvalue weighted by Crippen LogP contribution is 2.06. The second-order valence-electron chi connectivity index (χ2n) is 3.54. The van der Waals surface area contributed by atoms with Crippen LogP contribution in [-0.4, -0.2) is 4.98 Å². The van der Waals surface area contributed by atoms with E-state index in [0.717, 1.165) is 18.5 Å². The summed E-state index contributed by atoms with van der Waals surface area (Å²) in [5, 5.41) is 0. The molecule has 0 aliphatic heterocycles. The Balaban J connectivity index is 1.99. The van der Waals surface area contributed by atoms with E-state index in [2.05, 4.69) is 29.2 Å². The Labute approximate surface area is 89.8 Å². The number of anilines is 1. The Morgan fingerprint density at radius 1 is 0.867 bits per heavy atom. The number of aromatic nitrogens is 1. The zero-order valence-electron chi connectivity index (χ0n) is 8.56. The molecule has 2 N–H and O–H groups in total. The van der Waals surface area contributed by atoms with E-state index in [4.69, 9.17) is 5.73 Å². The quantitative estimate of drug-likeness (QED) is 0.822. The number of aryl methyl sites for hydroxylation is 2. The van der Waals surface area contributed by atoms with Gasteiger partial charge in [-0.25, -0.2) is 4.98 Å². The Bertz CT molecular complexity index is 424. The average molecular weight is 198 g/mol. The van der Waals surface area contributed by atoms with E-state index in [9.17, 15) is 0 Å². The van der Waals surface area contributed by atoms with E-state index in [1.165, 1.54) is 5.56 Å². The van der Waals surface area contributed by atoms with Crippen LogP contribution in [0.2, 0.25) is 0 Å². The van der Waals surface area contributed by atoms with Crippen LogP contribution in [0.15, 0.2) is 48.5 Å². The minimum atomic E-state index is 0.598. The lowest BCUT2D eigenvalue weighted by atomic mass is 10.1. The second-order valence-corrected chi connectivity index (χ2v) is 3.54. The molecule has 0 aliphatic carbocycles. The van der Waals surface area contributed by atoms with Crippen molar-refractivity contribution in [2.45, 2.75) is 12.8 Å². The maximum absolute atomic E-state index is 5.62. The second kappa shape index (κ2) is 4.60. The highest BCUT2D eigenvalue weighted by molar-refractivity contribution is 5.29. The molecule has 0 atom stereocenters. The molecule has 1 aromatic heterocycles. The molecular weight excluding hydrogens is 184 g/mol. The monoisotopic (exact) mass is 198 g/mol. The summed E-state index contributed by atoms with van der Waals surface area (Å²) in [5.41, 5.74) is 8.01. The molecule has 0 spiro atoms. The van der Waals surface area contributed by atoms with Gasteiger partial charge in [0.15, 0.2) is 0 Å². The minimum Gasteiger partial charge on any atom is -0.384 e. The van der Waals surface area contributed by atoms with E-state index in [0.29, 0.717) is 5.82 Å². The van der Waals surface area contributed by atoms with Crippen LogP contribution in [0.25, 0.3) is 0 Å². The molecule has 2 heteroatoms. The number of hydrogen-bond acceptors (Lipinski definition) is 2. The predicted octanol–water partition coefficient (Wildman–Crippen LogP) is 2.45. The molecule has 0 radical (unpaired) electrons. The molecule has 0 saturated heterocycles. The van der Waals surface area contributed by atoms with Gasteiger partial charge in [0.1, 0.15) is 5.82 Å². The van der Waals surface area contributed by atoms with Gasteiger partial charge in [-0.2, -0.15) is 0 Å². The van der Waals surface area contributed by atoms with Gasteiger partial charge in [-0.3, -0.25) is 0 Å². The summed E-state index contributed by atoms with van der Waals surface area (Å²) < 4.78 is 0. The summed E-state index contributed by atoms with van der Waals surface area (Å²) in [7, 11) is 0. The van der Waals surface area contributed by atoms with Gasteiger partial charge in [-0.05, 0) is 30.5 Å². The molecule has 0 unspecified atom stereocenters. The molecule has 0 aliphatic rings. The zero-order chi connectivity index (χ0) is 10.5. The molecular formula is C13H14N2. The largest absolute Gasteiger partial charge is 0.384 e. The van der Waals surface area contributed by atoms with Crippen LogP contribution < -0.4 is 5.73 Å². The summed E-state index contributed by atoms with van der Waals surface area (Å²) in [6, 6.07) is 16.2. The van der Waals surface area contributed by atoms with Crippen molar-refractivity contribution in [2.75, 3.05) is 5.73 Å². The first-order valence-electron chi connectivity index (χ1n) is 5.10. The van der Waals surface area contributed by atoms with E-state index in [1.807, 2.05) is 24.3 Å². The normalized spacial score (nSPS) is 10.1. The Kier molecular flexibility index (Phi) is 2.98. The van der Waals surface area contributed by atoms with Crippen molar-refractivity contribution in [3.05, 3.63) is 59.8 Å². The van der Waals surface area contributed by atoms with Crippen molar-refractivity contribution >= 4 is 5.82 Å². The van der Waals surface area contributed by atoms with E-state index in [1.54, 1.807) is 0 Å². The summed E-state index contributed by atoms with van der Waals surface area (Å²) in [5.74, 6) is 0.598. The van der Waals surface area contributed by atoms with Crippen LogP contribution in [0.1, 0.15) is 11.3 Å². The van der Waals surface area contributed by atoms with Crippen molar-refractivity contribution < 1.29 is 0 Å². The van der Waals surface area contributed by atoms with Gasteiger partial charge >= 0.3 is 0 Å². The first kappa shape index (κ1) is 9.71. The zero-order valence-corrected chi connectivity index (χ0v) is 8.56. The summed E-state index contributed by atoms with van der Waals surface area (Å²) in [6.45, 7) is 0. The fraction of sp³-hybridized carbons (Fsp3) is 0.154. The van der Waals surface area contributed by atoms with Crippen LogP contribution in [0.4, 0.5) is 5.82 Å². The molecule has 0 bridgehead atoms. The third-order valence-electron chi connectivity index (χ3n) is 2.34. The highest BCUT2D eigenvalue weighted by Gasteiger charge is 1.96. The molecule has 0 saturated carbocycles. The smallest absolute Gasteiger partial charge is 0.123 e. The third-order valence-corrected chi connectivity index (χ3v) is 2.34. The lowest BCUT2D eigenvalue weighted by Gasteiger charge is -2.01. The summed E-state index contributed by atoms with van der Waals surface area (Å²) in [4.78, 5) is 4.27. The molecule has 0 fully saturated rings. The summed E-state index contributed by atoms with van der Waals surface area (Å²) >= 11 is 0. The maximum Gasteiger partial charge on any atom is 0.123 e. The van der Waals surface area contributed by atoms with E-state index in [-0.39, 0.29) is 0 Å². The number of benzene rings is 1. The van der Waals surface area contributed by atoms with Crippen molar-refractivity contribution in [1.82, 2.24) is 4.98 Å². The average Bonchev–Trinajstić information content (AvgIpc) is 2.28. The van der Waals surface area contributed by atoms with Crippen LogP contribution >= 0.6 is 0 Å². The standard InChI is InChI=1S/C13H14N2/c14-13-8-4-7-12(15-13)10-9-11-5-2-1-3-6-11/h1-8H,9-10H2,(H2,14,15). The Morgan fingerprint density at radius 3 is 2.40 bits per heavy atom. The number of rotatable bonds is 3. The van der Waals surface area contributed by atoms with Crippen molar-refractivity contribution in [3.8, 4) is 0 Å². The van der Waals surface area contributed by atoms with Gasteiger partial charge < -0.3 is 5.73 Å². The van der Waals surface area contributed by atoms with Crippen molar-refractivity contribution in [1.29, 1.82) is 0 Å². The van der Waals surface area contributed by atoms with Gasteiger partial charge in [0.05, 0.1) is 0 Å². The number of hydrogen-bond donors (Lipinski definition) is 1. The topological polar surface area (TPSA) is 38.9 Å². The minimum absolute atomic E-state index is 0.598. The first-order chi connectivity index (χ1) is 7.34. The van der Waals surface area contributed by atoms with Gasteiger partial charge in [-0.1, -0.05) is 36.4 Å². The first-order valence-corrected chi connectivity index (χ1v) is 5.10. The molecule has 2 rings (SSSR count). The van der Waals surface area contributed by atoms with E-state index >= 15 is 0 Å². The van der Waals surface area contributed by atoms with Gasteiger partial charge in [0, 0.05) is 5.69 Å². The molecule has 2 nitrogen and oxygen atoms in total. The lowest BCUT2D eigenvalue weighted by Crippen LogP contribution is -1.97. The van der Waals surface area contributed by atoms with Gasteiger partial charge in [0.2, 0.25) is 0 Å².